The summed E-state index contributed by atoms with van der Waals surface area (Å²) in [7, 11) is -1.82. The second kappa shape index (κ2) is 9.52. The largest absolute Gasteiger partial charge is 0.311 e. The van der Waals surface area contributed by atoms with Crippen LogP contribution in [0.3, 0.4) is 0 Å². The first kappa shape index (κ1) is 24.4. The van der Waals surface area contributed by atoms with Gasteiger partial charge in [-0.15, -0.1) is 0 Å². The number of aromatic nitrogens is 1. The van der Waals surface area contributed by atoms with E-state index in [4.69, 9.17) is 11.6 Å². The van der Waals surface area contributed by atoms with Gasteiger partial charge < -0.3 is 9.47 Å². The third-order valence-corrected chi connectivity index (χ3v) is 8.19. The number of carbonyl (C=O) groups is 1. The molecular formula is C25H28ClN3O4S. The third kappa shape index (κ3) is 4.76. The minimum atomic E-state index is -3.52. The first-order chi connectivity index (χ1) is 16.1. The van der Waals surface area contributed by atoms with Crippen LogP contribution in [-0.2, 0) is 21.9 Å². The van der Waals surface area contributed by atoms with E-state index in [9.17, 15) is 18.0 Å². The first-order valence-electron chi connectivity index (χ1n) is 11.3. The van der Waals surface area contributed by atoms with Crippen LogP contribution in [0.5, 0.6) is 0 Å². The highest BCUT2D eigenvalue weighted by molar-refractivity contribution is 7.89. The Labute approximate surface area is 204 Å². The molecule has 2 heterocycles. The van der Waals surface area contributed by atoms with Crippen molar-refractivity contribution in [3.63, 3.8) is 0 Å². The molecule has 0 aliphatic carbocycles. The zero-order valence-electron chi connectivity index (χ0n) is 19.4. The van der Waals surface area contributed by atoms with E-state index < -0.39 is 22.1 Å². The van der Waals surface area contributed by atoms with Crippen molar-refractivity contribution in [2.45, 2.75) is 45.2 Å². The second-order valence-corrected chi connectivity index (χ2v) is 11.1. The number of anilines is 1. The summed E-state index contributed by atoms with van der Waals surface area (Å²) >= 11 is 6.10. The lowest BCUT2D eigenvalue weighted by atomic mass is 9.90. The smallest absolute Gasteiger partial charge is 0.251 e. The number of aryl methyl sites for hydroxylation is 2. The predicted molar refractivity (Wildman–Crippen MR) is 136 cm³/mol. The highest BCUT2D eigenvalue weighted by Crippen LogP contribution is 2.38. The number of benzene rings is 2. The molecule has 4 rings (SSSR count). The molecule has 180 valence electrons. The van der Waals surface area contributed by atoms with Crippen LogP contribution in [0, 0.1) is 6.92 Å². The maximum atomic E-state index is 13.3. The standard InChI is InChI=1S/C25H28ClN3O4S/c1-4-13-34(32,33)27-21-11-12-23(30)29(25(21)17-5-7-18(26)8-6-17)19-9-10-20-16(2)14-24(31)28(3)22(20)15-19/h5-10,14-15,21,25,27H,4,11-13H2,1-3H3/t21-,25+/m0/s1. The number of nitrogens with zero attached hydrogens (tertiary/aromatic N) is 2. The fourth-order valence-corrected chi connectivity index (χ4v) is 6.17. The summed E-state index contributed by atoms with van der Waals surface area (Å²) in [5, 5.41) is 1.47. The zero-order chi connectivity index (χ0) is 24.6. The molecule has 1 N–H and O–H groups in total. The molecule has 1 fully saturated rings. The lowest BCUT2D eigenvalue weighted by Gasteiger charge is -2.41. The summed E-state index contributed by atoms with van der Waals surface area (Å²) in [6.45, 7) is 3.69. The van der Waals surface area contributed by atoms with Crippen LogP contribution in [0.1, 0.15) is 43.4 Å². The summed E-state index contributed by atoms with van der Waals surface area (Å²) < 4.78 is 29.7. The van der Waals surface area contributed by atoms with Crippen LogP contribution in [0.2, 0.25) is 5.02 Å². The third-order valence-electron chi connectivity index (χ3n) is 6.33. The van der Waals surface area contributed by atoms with Gasteiger partial charge in [-0.25, -0.2) is 13.1 Å². The second-order valence-electron chi connectivity index (χ2n) is 8.77. The molecule has 1 aliphatic rings. The van der Waals surface area contributed by atoms with Gasteiger partial charge in [-0.3, -0.25) is 9.59 Å². The van der Waals surface area contributed by atoms with Gasteiger partial charge in [0.1, 0.15) is 0 Å². The molecule has 1 amide bonds. The van der Waals surface area contributed by atoms with E-state index in [1.54, 1.807) is 34.7 Å². The Balaban J connectivity index is 1.87. The fraction of sp³-hybridized carbons (Fsp3) is 0.360. The van der Waals surface area contributed by atoms with Gasteiger partial charge in [0.05, 0.1) is 17.3 Å². The average Bonchev–Trinajstić information content (AvgIpc) is 2.78. The topological polar surface area (TPSA) is 88.5 Å². The molecular weight excluding hydrogens is 474 g/mol. The van der Waals surface area contributed by atoms with Crippen LogP contribution in [0.15, 0.2) is 53.3 Å². The number of amides is 1. The molecule has 0 saturated carbocycles. The maximum absolute atomic E-state index is 13.3. The van der Waals surface area contributed by atoms with Gasteiger partial charge in [0.15, 0.2) is 0 Å². The predicted octanol–water partition coefficient (Wildman–Crippen LogP) is 4.07. The number of halogens is 1. The highest BCUT2D eigenvalue weighted by Gasteiger charge is 2.39. The number of carbonyl (C=O) groups excluding carboxylic acids is 1. The van der Waals surface area contributed by atoms with Gasteiger partial charge in [-0.05, 0) is 55.2 Å². The van der Waals surface area contributed by atoms with Crippen molar-refractivity contribution in [1.29, 1.82) is 0 Å². The van der Waals surface area contributed by atoms with E-state index in [-0.39, 0.29) is 23.6 Å². The number of hydrogen-bond donors (Lipinski definition) is 1. The SMILES string of the molecule is CCCS(=O)(=O)N[C@H]1CCC(=O)N(c2ccc3c(C)cc(=O)n(C)c3c2)[C@@H]1c1ccc(Cl)cc1. The summed E-state index contributed by atoms with van der Waals surface area (Å²) in [5.74, 6) is -0.0924. The summed E-state index contributed by atoms with van der Waals surface area (Å²) in [5.41, 5.74) is 2.82. The molecule has 1 aromatic heterocycles. The maximum Gasteiger partial charge on any atom is 0.251 e. The number of hydrogen-bond acceptors (Lipinski definition) is 4. The number of pyridine rings is 1. The zero-order valence-corrected chi connectivity index (χ0v) is 21.0. The van der Waals surface area contributed by atoms with Crippen molar-refractivity contribution < 1.29 is 13.2 Å². The van der Waals surface area contributed by atoms with Crippen LogP contribution in [0.4, 0.5) is 5.69 Å². The monoisotopic (exact) mass is 501 g/mol. The molecule has 0 bridgehead atoms. The summed E-state index contributed by atoms with van der Waals surface area (Å²) in [6.07, 6.45) is 1.08. The van der Waals surface area contributed by atoms with E-state index in [1.807, 2.05) is 44.2 Å². The summed E-state index contributed by atoms with van der Waals surface area (Å²) in [4.78, 5) is 27.3. The van der Waals surface area contributed by atoms with Crippen LogP contribution in [-0.4, -0.2) is 30.7 Å². The Kier molecular flexibility index (Phi) is 6.85. The normalized spacial score (nSPS) is 19.1. The minimum Gasteiger partial charge on any atom is -0.311 e. The summed E-state index contributed by atoms with van der Waals surface area (Å²) in [6, 6.07) is 13.2. The number of piperidine rings is 1. The van der Waals surface area contributed by atoms with E-state index >= 15 is 0 Å². The van der Waals surface area contributed by atoms with Crippen molar-refractivity contribution >= 4 is 44.1 Å². The van der Waals surface area contributed by atoms with Gasteiger partial charge in [-0.1, -0.05) is 36.7 Å². The van der Waals surface area contributed by atoms with Crippen LogP contribution in [0.25, 0.3) is 10.9 Å². The molecule has 7 nitrogen and oxygen atoms in total. The quantitative estimate of drug-likeness (QED) is 0.551. The molecule has 0 unspecified atom stereocenters. The van der Waals surface area contributed by atoms with Crippen LogP contribution >= 0.6 is 11.6 Å². The molecule has 0 radical (unpaired) electrons. The average molecular weight is 502 g/mol. The van der Waals surface area contributed by atoms with Crippen LogP contribution < -0.4 is 15.2 Å². The van der Waals surface area contributed by atoms with Crippen molar-refractivity contribution in [3.8, 4) is 0 Å². The lowest BCUT2D eigenvalue weighted by Crippen LogP contribution is -2.52. The van der Waals surface area contributed by atoms with Crippen molar-refractivity contribution in [3.05, 3.63) is 75.0 Å². The molecule has 3 aromatic rings. The van der Waals surface area contributed by atoms with Gasteiger partial charge in [-0.2, -0.15) is 0 Å². The van der Waals surface area contributed by atoms with E-state index in [1.165, 1.54) is 0 Å². The molecule has 2 atom stereocenters. The number of fused-ring (bicyclic) bond motifs is 1. The molecule has 34 heavy (non-hydrogen) atoms. The van der Waals surface area contributed by atoms with Gasteiger partial charge in [0.2, 0.25) is 15.9 Å². The molecule has 1 saturated heterocycles. The van der Waals surface area contributed by atoms with Gasteiger partial charge >= 0.3 is 0 Å². The van der Waals surface area contributed by atoms with E-state index in [0.717, 1.165) is 16.5 Å². The number of rotatable bonds is 6. The molecule has 0 spiro atoms. The van der Waals surface area contributed by atoms with Gasteiger partial charge in [0, 0.05) is 41.7 Å². The van der Waals surface area contributed by atoms with E-state index in [0.29, 0.717) is 29.1 Å². The molecule has 9 heteroatoms. The number of nitrogens with one attached hydrogen (secondary N) is 1. The first-order valence-corrected chi connectivity index (χ1v) is 13.3. The minimum absolute atomic E-state index is 0.0160. The van der Waals surface area contributed by atoms with Crippen molar-refractivity contribution in [2.24, 2.45) is 7.05 Å². The lowest BCUT2D eigenvalue weighted by molar-refractivity contribution is -0.120. The number of sulfonamides is 1. The Hall–Kier alpha value is -2.68. The Morgan fingerprint density at radius 2 is 1.79 bits per heavy atom. The fourth-order valence-electron chi connectivity index (χ4n) is 4.68. The molecule has 2 aromatic carbocycles. The highest BCUT2D eigenvalue weighted by atomic mass is 35.5. The van der Waals surface area contributed by atoms with Crippen molar-refractivity contribution in [2.75, 3.05) is 10.7 Å². The Morgan fingerprint density at radius 1 is 1.09 bits per heavy atom. The molecule has 1 aliphatic heterocycles. The Bertz CT molecular complexity index is 1400. The van der Waals surface area contributed by atoms with E-state index in [2.05, 4.69) is 4.72 Å². The van der Waals surface area contributed by atoms with Crippen molar-refractivity contribution in [1.82, 2.24) is 9.29 Å². The van der Waals surface area contributed by atoms with Gasteiger partial charge in [0.25, 0.3) is 5.56 Å². The Morgan fingerprint density at radius 3 is 2.47 bits per heavy atom.